The number of hydrogen-bond donors (Lipinski definition) is 5. The van der Waals surface area contributed by atoms with Gasteiger partial charge in [0.25, 0.3) is 5.91 Å². The fraction of sp³-hybridized carbons (Fsp3) is 0.400. The highest BCUT2D eigenvalue weighted by Crippen LogP contribution is 2.14. The fourth-order valence-corrected chi connectivity index (χ4v) is 4.15. The number of aliphatic hydroxyl groups is 1. The normalized spacial score (nSPS) is 13.7. The lowest BCUT2D eigenvalue weighted by Crippen LogP contribution is -2.59. The lowest BCUT2D eigenvalue weighted by Gasteiger charge is -2.29. The second kappa shape index (κ2) is 16.4. The highest BCUT2D eigenvalue weighted by Gasteiger charge is 2.33. The third-order valence-corrected chi connectivity index (χ3v) is 6.35. The van der Waals surface area contributed by atoms with Crippen LogP contribution in [0.5, 0.6) is 0 Å². The minimum atomic E-state index is -1.55. The molecule has 0 aliphatic rings. The SMILES string of the molecule is C=C(C)OC(=O)N[C@@H](Cc1ccccc1)C(=O)N[C@H](C(=O)N[C@@H](Cc1ccc(Cl)cc1)C(O)C(=O)NCC)C(C)C. The molecule has 0 aromatic heterocycles. The summed E-state index contributed by atoms with van der Waals surface area (Å²) in [7, 11) is 0. The number of ether oxygens (including phenoxy) is 1. The fourth-order valence-electron chi connectivity index (χ4n) is 4.03. The van der Waals surface area contributed by atoms with Gasteiger partial charge in [-0.15, -0.1) is 0 Å². The van der Waals surface area contributed by atoms with Gasteiger partial charge >= 0.3 is 6.09 Å². The van der Waals surface area contributed by atoms with E-state index in [0.29, 0.717) is 11.6 Å². The van der Waals surface area contributed by atoms with E-state index in [1.165, 1.54) is 6.92 Å². The van der Waals surface area contributed by atoms with E-state index in [1.54, 1.807) is 45.0 Å². The van der Waals surface area contributed by atoms with Crippen LogP contribution in [0.1, 0.15) is 38.8 Å². The molecular formula is C30H39ClN4O6. The van der Waals surface area contributed by atoms with E-state index < -0.39 is 48.0 Å². The van der Waals surface area contributed by atoms with Gasteiger partial charge in [-0.1, -0.05) is 74.5 Å². The van der Waals surface area contributed by atoms with Crippen molar-refractivity contribution >= 4 is 35.4 Å². The maximum absolute atomic E-state index is 13.5. The lowest BCUT2D eigenvalue weighted by atomic mass is 9.97. The standard InChI is InChI=1S/C30H39ClN4O6/c1-6-32-29(39)26(36)23(16-21-12-14-22(31)15-13-21)33-28(38)25(18(2)3)35-27(37)24(34-30(40)41-19(4)5)17-20-10-8-7-9-11-20/h7-15,18,23-26,36H,4,6,16-17H2,1-3,5H3,(H,32,39)(H,33,38)(H,34,40)(H,35,37)/t23-,24-,25-,26?/m0/s1. The Labute approximate surface area is 245 Å². The zero-order chi connectivity index (χ0) is 30.5. The topological polar surface area (TPSA) is 146 Å². The summed E-state index contributed by atoms with van der Waals surface area (Å²) in [6, 6.07) is 12.8. The minimum absolute atomic E-state index is 0.130. The number of likely N-dealkylation sites (N-methyl/N-ethyl adjacent to an activating group) is 1. The first-order chi connectivity index (χ1) is 19.4. The van der Waals surface area contributed by atoms with E-state index in [-0.39, 0.29) is 24.5 Å². The number of carbonyl (C=O) groups excluding carboxylic acids is 4. The van der Waals surface area contributed by atoms with Gasteiger partial charge in [0.1, 0.15) is 12.1 Å². The Kier molecular flexibility index (Phi) is 13.3. The van der Waals surface area contributed by atoms with Crippen LogP contribution in [0.15, 0.2) is 66.9 Å². The molecule has 11 heteroatoms. The number of aliphatic hydroxyl groups excluding tert-OH is 1. The molecule has 10 nitrogen and oxygen atoms in total. The first-order valence-corrected chi connectivity index (χ1v) is 13.8. The monoisotopic (exact) mass is 586 g/mol. The summed E-state index contributed by atoms with van der Waals surface area (Å²) in [5.74, 6) is -2.08. The van der Waals surface area contributed by atoms with Crippen LogP contribution in [0.4, 0.5) is 4.79 Å². The Morgan fingerprint density at radius 2 is 1.49 bits per heavy atom. The minimum Gasteiger partial charge on any atom is -0.416 e. The number of amides is 4. The van der Waals surface area contributed by atoms with Gasteiger partial charge in [-0.25, -0.2) is 4.79 Å². The van der Waals surface area contributed by atoms with Crippen LogP contribution in [0, 0.1) is 5.92 Å². The maximum Gasteiger partial charge on any atom is 0.412 e. The second-order valence-electron chi connectivity index (χ2n) is 9.99. The average molecular weight is 587 g/mol. The van der Waals surface area contributed by atoms with Crippen molar-refractivity contribution in [2.45, 2.75) is 64.8 Å². The molecule has 0 spiro atoms. The zero-order valence-corrected chi connectivity index (χ0v) is 24.5. The molecule has 0 aliphatic heterocycles. The van der Waals surface area contributed by atoms with Crippen molar-refractivity contribution in [3.05, 3.63) is 83.1 Å². The molecule has 222 valence electrons. The summed E-state index contributed by atoms with van der Waals surface area (Å²) in [5.41, 5.74) is 1.51. The number of benzene rings is 2. The molecule has 0 radical (unpaired) electrons. The molecule has 0 heterocycles. The van der Waals surface area contributed by atoms with E-state index in [1.807, 2.05) is 30.3 Å². The van der Waals surface area contributed by atoms with Gasteiger partial charge in [-0.05, 0) is 49.4 Å². The van der Waals surface area contributed by atoms with Crippen LogP contribution >= 0.6 is 11.6 Å². The molecule has 1 unspecified atom stereocenters. The Balaban J connectivity index is 2.26. The average Bonchev–Trinajstić information content (AvgIpc) is 2.91. The van der Waals surface area contributed by atoms with Crippen molar-refractivity contribution in [1.29, 1.82) is 0 Å². The molecule has 0 saturated carbocycles. The van der Waals surface area contributed by atoms with Gasteiger partial charge in [-0.3, -0.25) is 14.4 Å². The number of rotatable bonds is 14. The molecule has 2 aromatic rings. The predicted octanol–water partition coefficient (Wildman–Crippen LogP) is 2.88. The van der Waals surface area contributed by atoms with E-state index in [0.717, 1.165) is 11.1 Å². The Morgan fingerprint density at radius 3 is 2.05 bits per heavy atom. The Bertz CT molecular complexity index is 1190. The molecule has 4 atom stereocenters. The van der Waals surface area contributed by atoms with Gasteiger partial charge in [0, 0.05) is 18.0 Å². The number of carbonyl (C=O) groups is 4. The highest BCUT2D eigenvalue weighted by molar-refractivity contribution is 6.30. The molecule has 2 rings (SSSR count). The van der Waals surface area contributed by atoms with Crippen molar-refractivity contribution < 1.29 is 29.0 Å². The summed E-state index contributed by atoms with van der Waals surface area (Å²) >= 11 is 5.98. The van der Waals surface area contributed by atoms with Crippen LogP contribution in [0.2, 0.25) is 5.02 Å². The molecule has 41 heavy (non-hydrogen) atoms. The van der Waals surface area contributed by atoms with Crippen molar-refractivity contribution in [3.8, 4) is 0 Å². The summed E-state index contributed by atoms with van der Waals surface area (Å²) in [4.78, 5) is 51.7. The summed E-state index contributed by atoms with van der Waals surface area (Å²) in [6.07, 6.45) is -2.14. The zero-order valence-electron chi connectivity index (χ0n) is 23.8. The maximum atomic E-state index is 13.5. The summed E-state index contributed by atoms with van der Waals surface area (Å²) < 4.78 is 4.98. The molecule has 4 amide bonds. The van der Waals surface area contributed by atoms with E-state index in [9.17, 15) is 24.3 Å². The van der Waals surface area contributed by atoms with Crippen LogP contribution in [-0.2, 0) is 32.0 Å². The molecule has 0 saturated heterocycles. The van der Waals surface area contributed by atoms with E-state index in [4.69, 9.17) is 16.3 Å². The van der Waals surface area contributed by atoms with Crippen molar-refractivity contribution in [2.24, 2.45) is 5.92 Å². The molecule has 2 aromatic carbocycles. The lowest BCUT2D eigenvalue weighted by molar-refractivity contribution is -0.134. The predicted molar refractivity (Wildman–Crippen MR) is 157 cm³/mol. The van der Waals surface area contributed by atoms with Crippen LogP contribution in [0.25, 0.3) is 0 Å². The molecular weight excluding hydrogens is 548 g/mol. The van der Waals surface area contributed by atoms with Crippen LogP contribution in [0.3, 0.4) is 0 Å². The number of hydrogen-bond acceptors (Lipinski definition) is 6. The molecule has 5 N–H and O–H groups in total. The van der Waals surface area contributed by atoms with Gasteiger partial charge < -0.3 is 31.1 Å². The third-order valence-electron chi connectivity index (χ3n) is 6.10. The smallest absolute Gasteiger partial charge is 0.412 e. The number of halogens is 1. The summed E-state index contributed by atoms with van der Waals surface area (Å²) in [5, 5.41) is 21.9. The molecule has 0 bridgehead atoms. The van der Waals surface area contributed by atoms with Crippen LogP contribution in [-0.4, -0.2) is 59.7 Å². The number of alkyl carbamates (subject to hydrolysis) is 1. The quantitative estimate of drug-likeness (QED) is 0.215. The van der Waals surface area contributed by atoms with Gasteiger partial charge in [0.05, 0.1) is 11.8 Å². The largest absolute Gasteiger partial charge is 0.416 e. The second-order valence-corrected chi connectivity index (χ2v) is 10.4. The first-order valence-electron chi connectivity index (χ1n) is 13.4. The highest BCUT2D eigenvalue weighted by atomic mass is 35.5. The molecule has 0 fully saturated rings. The van der Waals surface area contributed by atoms with Crippen molar-refractivity contribution in [3.63, 3.8) is 0 Å². The Morgan fingerprint density at radius 1 is 0.878 bits per heavy atom. The van der Waals surface area contributed by atoms with Crippen LogP contribution < -0.4 is 21.3 Å². The first kappa shape index (κ1) is 33.3. The summed E-state index contributed by atoms with van der Waals surface area (Å²) in [6.45, 7) is 10.5. The van der Waals surface area contributed by atoms with Gasteiger partial charge in [0.2, 0.25) is 11.8 Å². The Hall–Kier alpha value is -3.89. The van der Waals surface area contributed by atoms with Gasteiger partial charge in [-0.2, -0.15) is 0 Å². The van der Waals surface area contributed by atoms with Crippen molar-refractivity contribution in [2.75, 3.05) is 6.54 Å². The third kappa shape index (κ3) is 11.3. The van der Waals surface area contributed by atoms with E-state index >= 15 is 0 Å². The molecule has 0 aliphatic carbocycles. The van der Waals surface area contributed by atoms with Crippen molar-refractivity contribution in [1.82, 2.24) is 21.3 Å². The van der Waals surface area contributed by atoms with E-state index in [2.05, 4.69) is 27.8 Å². The number of allylic oxidation sites excluding steroid dienone is 1. The van der Waals surface area contributed by atoms with Gasteiger partial charge in [0.15, 0.2) is 6.10 Å². The number of nitrogens with one attached hydrogen (secondary N) is 4.